The van der Waals surface area contributed by atoms with Crippen molar-refractivity contribution in [2.24, 2.45) is 0 Å². The summed E-state index contributed by atoms with van der Waals surface area (Å²) in [5, 5.41) is 0. The van der Waals surface area contributed by atoms with Crippen molar-refractivity contribution in [1.82, 2.24) is 0 Å². The van der Waals surface area contributed by atoms with E-state index in [9.17, 15) is 9.59 Å². The van der Waals surface area contributed by atoms with Crippen molar-refractivity contribution in [3.63, 3.8) is 0 Å². The van der Waals surface area contributed by atoms with E-state index in [1.165, 1.54) is 6.92 Å². The smallest absolute Gasteiger partial charge is 0.338 e. The number of carbonyl (C=O) groups excluding carboxylic acids is 2. The third kappa shape index (κ3) is 2.90. The number of Topliss-reactive ketones (excluding diaryl/α,β-unsaturated/α-hetero) is 1. The number of rotatable bonds is 3. The van der Waals surface area contributed by atoms with E-state index in [2.05, 4.69) is 0 Å². The molecule has 74 valence electrons. The molecule has 0 fully saturated rings. The minimum Gasteiger partial charge on any atom is -0.454 e. The SMILES string of the molecule is CC(=O)COC(=O)c1ccc(N)cc1. The van der Waals surface area contributed by atoms with Crippen molar-refractivity contribution in [3.05, 3.63) is 29.8 Å². The molecule has 1 aromatic rings. The van der Waals surface area contributed by atoms with E-state index in [4.69, 9.17) is 10.5 Å². The fraction of sp³-hybridized carbons (Fsp3) is 0.200. The fourth-order valence-corrected chi connectivity index (χ4v) is 0.870. The summed E-state index contributed by atoms with van der Waals surface area (Å²) in [5.41, 5.74) is 6.41. The van der Waals surface area contributed by atoms with Crippen LogP contribution in [0.5, 0.6) is 0 Å². The first-order chi connectivity index (χ1) is 6.59. The summed E-state index contributed by atoms with van der Waals surface area (Å²) in [7, 11) is 0. The molecule has 14 heavy (non-hydrogen) atoms. The first kappa shape index (κ1) is 10.2. The number of nitrogen functional groups attached to an aromatic ring is 1. The second kappa shape index (κ2) is 4.41. The first-order valence-corrected chi connectivity index (χ1v) is 4.11. The van der Waals surface area contributed by atoms with E-state index in [0.717, 1.165) is 0 Å². The Bertz CT molecular complexity index is 343. The van der Waals surface area contributed by atoms with E-state index in [1.54, 1.807) is 24.3 Å². The fourth-order valence-electron chi connectivity index (χ4n) is 0.870. The highest BCUT2D eigenvalue weighted by atomic mass is 16.5. The summed E-state index contributed by atoms with van der Waals surface area (Å²) < 4.78 is 4.70. The van der Waals surface area contributed by atoms with E-state index < -0.39 is 5.97 Å². The standard InChI is InChI=1S/C10H11NO3/c1-7(12)6-14-10(13)8-2-4-9(11)5-3-8/h2-5H,6,11H2,1H3. The molecule has 2 N–H and O–H groups in total. The average Bonchev–Trinajstić information content (AvgIpc) is 2.15. The van der Waals surface area contributed by atoms with Gasteiger partial charge in [0.25, 0.3) is 0 Å². The molecule has 0 aliphatic heterocycles. The van der Waals surface area contributed by atoms with E-state index in [1.807, 2.05) is 0 Å². The molecule has 0 unspecified atom stereocenters. The van der Waals surface area contributed by atoms with Gasteiger partial charge in [0.1, 0.15) is 6.61 Å². The predicted molar refractivity (Wildman–Crippen MR) is 51.8 cm³/mol. The normalized spacial score (nSPS) is 9.50. The highest BCUT2D eigenvalue weighted by Crippen LogP contribution is 2.06. The molecule has 0 aromatic heterocycles. The van der Waals surface area contributed by atoms with Gasteiger partial charge in [-0.3, -0.25) is 4.79 Å². The number of hydrogen-bond donors (Lipinski definition) is 1. The Morgan fingerprint density at radius 2 is 1.86 bits per heavy atom. The number of hydrogen-bond acceptors (Lipinski definition) is 4. The van der Waals surface area contributed by atoms with Crippen molar-refractivity contribution < 1.29 is 14.3 Å². The molecule has 4 nitrogen and oxygen atoms in total. The number of ketones is 1. The quantitative estimate of drug-likeness (QED) is 0.574. The second-order valence-electron chi connectivity index (χ2n) is 2.90. The third-order valence-electron chi connectivity index (χ3n) is 1.55. The molecule has 4 heteroatoms. The molecule has 0 saturated carbocycles. The summed E-state index contributed by atoms with van der Waals surface area (Å²) in [5.74, 6) is -0.700. The number of carbonyl (C=O) groups is 2. The molecule has 0 aliphatic carbocycles. The van der Waals surface area contributed by atoms with Crippen LogP contribution in [0.25, 0.3) is 0 Å². The molecule has 0 atom stereocenters. The van der Waals surface area contributed by atoms with Gasteiger partial charge >= 0.3 is 5.97 Å². The Balaban J connectivity index is 2.61. The molecule has 0 amide bonds. The highest BCUT2D eigenvalue weighted by molar-refractivity contribution is 5.91. The molecule has 1 aromatic carbocycles. The zero-order valence-electron chi connectivity index (χ0n) is 7.82. The van der Waals surface area contributed by atoms with Gasteiger partial charge in [-0.1, -0.05) is 0 Å². The lowest BCUT2D eigenvalue weighted by molar-refractivity contribution is -0.120. The highest BCUT2D eigenvalue weighted by Gasteiger charge is 2.06. The van der Waals surface area contributed by atoms with E-state index >= 15 is 0 Å². The van der Waals surface area contributed by atoms with E-state index in [0.29, 0.717) is 11.3 Å². The van der Waals surface area contributed by atoms with Crippen LogP contribution in [0.15, 0.2) is 24.3 Å². The summed E-state index contributed by atoms with van der Waals surface area (Å²) in [4.78, 5) is 21.8. The summed E-state index contributed by atoms with van der Waals surface area (Å²) in [6.45, 7) is 1.17. The second-order valence-corrected chi connectivity index (χ2v) is 2.90. The Kier molecular flexibility index (Phi) is 3.23. The Labute approximate surface area is 81.7 Å². The molecule has 0 heterocycles. The lowest BCUT2D eigenvalue weighted by atomic mass is 10.2. The zero-order valence-corrected chi connectivity index (χ0v) is 7.82. The maximum absolute atomic E-state index is 11.2. The molecular weight excluding hydrogens is 182 g/mol. The molecule has 1 rings (SSSR count). The maximum atomic E-state index is 11.2. The van der Waals surface area contributed by atoms with Gasteiger partial charge in [0.2, 0.25) is 0 Å². The van der Waals surface area contributed by atoms with E-state index in [-0.39, 0.29) is 12.4 Å². The van der Waals surface area contributed by atoms with Gasteiger partial charge in [0.15, 0.2) is 5.78 Å². The molecule has 0 saturated heterocycles. The molecular formula is C10H11NO3. The summed E-state index contributed by atoms with van der Waals surface area (Å²) >= 11 is 0. The van der Waals surface area contributed by atoms with Crippen LogP contribution in [0.1, 0.15) is 17.3 Å². The Morgan fingerprint density at radius 3 is 2.36 bits per heavy atom. The van der Waals surface area contributed by atoms with Crippen LogP contribution in [0.2, 0.25) is 0 Å². The summed E-state index contributed by atoms with van der Waals surface area (Å²) in [6.07, 6.45) is 0. The van der Waals surface area contributed by atoms with Crippen molar-refractivity contribution in [2.45, 2.75) is 6.92 Å². The maximum Gasteiger partial charge on any atom is 0.338 e. The average molecular weight is 193 g/mol. The van der Waals surface area contributed by atoms with Crippen LogP contribution in [0, 0.1) is 0 Å². The number of esters is 1. The minimum absolute atomic E-state index is 0.186. The van der Waals surface area contributed by atoms with Gasteiger partial charge in [-0.15, -0.1) is 0 Å². The zero-order chi connectivity index (χ0) is 10.6. The molecule has 0 radical (unpaired) electrons. The lowest BCUT2D eigenvalue weighted by Crippen LogP contribution is -2.11. The van der Waals surface area contributed by atoms with Crippen LogP contribution in [-0.4, -0.2) is 18.4 Å². The number of anilines is 1. The van der Waals surface area contributed by atoms with Crippen LogP contribution < -0.4 is 5.73 Å². The van der Waals surface area contributed by atoms with Gasteiger partial charge < -0.3 is 10.5 Å². The lowest BCUT2D eigenvalue weighted by Gasteiger charge is -2.02. The number of nitrogens with two attached hydrogens (primary N) is 1. The van der Waals surface area contributed by atoms with Crippen LogP contribution in [-0.2, 0) is 9.53 Å². The topological polar surface area (TPSA) is 69.4 Å². The van der Waals surface area contributed by atoms with Gasteiger partial charge in [0, 0.05) is 5.69 Å². The van der Waals surface area contributed by atoms with Crippen LogP contribution in [0.4, 0.5) is 5.69 Å². The minimum atomic E-state index is -0.514. The van der Waals surface area contributed by atoms with Crippen LogP contribution >= 0.6 is 0 Å². The van der Waals surface area contributed by atoms with Crippen molar-refractivity contribution in [1.29, 1.82) is 0 Å². The Hall–Kier alpha value is -1.84. The van der Waals surface area contributed by atoms with Crippen molar-refractivity contribution in [3.8, 4) is 0 Å². The Morgan fingerprint density at radius 1 is 1.29 bits per heavy atom. The van der Waals surface area contributed by atoms with Gasteiger partial charge in [-0.05, 0) is 31.2 Å². The number of ether oxygens (including phenoxy) is 1. The molecule has 0 spiro atoms. The van der Waals surface area contributed by atoms with Crippen molar-refractivity contribution >= 4 is 17.4 Å². The predicted octanol–water partition coefficient (Wildman–Crippen LogP) is 1.01. The van der Waals surface area contributed by atoms with Gasteiger partial charge in [-0.2, -0.15) is 0 Å². The molecule has 0 aliphatic rings. The third-order valence-corrected chi connectivity index (χ3v) is 1.55. The summed E-state index contributed by atoms with van der Waals surface area (Å²) in [6, 6.07) is 6.31. The van der Waals surface area contributed by atoms with Gasteiger partial charge in [-0.25, -0.2) is 4.79 Å². The first-order valence-electron chi connectivity index (χ1n) is 4.11. The van der Waals surface area contributed by atoms with Crippen LogP contribution in [0.3, 0.4) is 0 Å². The monoisotopic (exact) mass is 193 g/mol. The largest absolute Gasteiger partial charge is 0.454 e. The molecule has 0 bridgehead atoms. The number of benzene rings is 1. The van der Waals surface area contributed by atoms with Crippen molar-refractivity contribution in [2.75, 3.05) is 12.3 Å². The van der Waals surface area contributed by atoms with Gasteiger partial charge in [0.05, 0.1) is 5.56 Å².